The average Bonchev–Trinajstić information content (AvgIpc) is 2.60. The molecule has 5 nitrogen and oxygen atoms in total. The average molecular weight is 423 g/mol. The summed E-state index contributed by atoms with van der Waals surface area (Å²) in [6, 6.07) is 10.8. The highest BCUT2D eigenvalue weighted by Crippen LogP contribution is 2.25. The maximum atomic E-state index is 12.3. The maximum Gasteiger partial charge on any atom is 0.279 e. The van der Waals surface area contributed by atoms with Crippen molar-refractivity contribution in [3.05, 3.63) is 63.1 Å². The van der Waals surface area contributed by atoms with E-state index < -0.39 is 0 Å². The molecule has 0 heterocycles. The quantitative estimate of drug-likeness (QED) is 0.642. The molecule has 0 spiro atoms. The SMILES string of the molecule is Cc1cccc(NC(=O)C[NH+](C)CC(=O)N[C@@H](C)c2ccc(Cl)c(Cl)c2)c1C. The molecule has 1 unspecified atom stereocenters. The van der Waals surface area contributed by atoms with Crippen molar-refractivity contribution in [2.75, 3.05) is 25.5 Å². The van der Waals surface area contributed by atoms with Crippen molar-refractivity contribution >= 4 is 40.7 Å². The lowest BCUT2D eigenvalue weighted by Crippen LogP contribution is -3.11. The zero-order valence-corrected chi connectivity index (χ0v) is 18.0. The number of carbonyl (C=O) groups is 2. The zero-order chi connectivity index (χ0) is 20.8. The van der Waals surface area contributed by atoms with Gasteiger partial charge >= 0.3 is 0 Å². The summed E-state index contributed by atoms with van der Waals surface area (Å²) in [6.45, 7) is 6.23. The van der Waals surface area contributed by atoms with Gasteiger partial charge in [0.05, 0.1) is 23.1 Å². The second-order valence-electron chi connectivity index (χ2n) is 7.07. The number of likely N-dealkylation sites (N-methyl/N-ethyl adjacent to an activating group) is 1. The molecule has 0 aliphatic heterocycles. The third kappa shape index (κ3) is 6.23. The Kier molecular flexibility index (Phi) is 7.87. The monoisotopic (exact) mass is 422 g/mol. The first-order chi connectivity index (χ1) is 13.2. The molecule has 7 heteroatoms. The fourth-order valence-electron chi connectivity index (χ4n) is 2.85. The van der Waals surface area contributed by atoms with Crippen LogP contribution in [-0.4, -0.2) is 32.0 Å². The molecule has 0 radical (unpaired) electrons. The molecule has 2 atom stereocenters. The summed E-state index contributed by atoms with van der Waals surface area (Å²) in [5, 5.41) is 6.76. The largest absolute Gasteiger partial charge is 0.345 e. The molecule has 0 aromatic heterocycles. The number of halogens is 2. The minimum atomic E-state index is -0.209. The van der Waals surface area contributed by atoms with Crippen molar-refractivity contribution in [3.8, 4) is 0 Å². The summed E-state index contributed by atoms with van der Waals surface area (Å²) in [7, 11) is 1.81. The van der Waals surface area contributed by atoms with Crippen molar-refractivity contribution in [1.29, 1.82) is 0 Å². The van der Waals surface area contributed by atoms with Crippen LogP contribution in [0.1, 0.15) is 29.7 Å². The van der Waals surface area contributed by atoms with E-state index >= 15 is 0 Å². The summed E-state index contributed by atoms with van der Waals surface area (Å²) < 4.78 is 0. The molecule has 2 aromatic carbocycles. The van der Waals surface area contributed by atoms with Gasteiger partial charge in [0.25, 0.3) is 11.8 Å². The number of hydrogen-bond donors (Lipinski definition) is 3. The number of amides is 2. The molecule has 2 aromatic rings. The first kappa shape index (κ1) is 22.2. The Hall–Kier alpha value is -2.08. The maximum absolute atomic E-state index is 12.3. The number of hydrogen-bond acceptors (Lipinski definition) is 2. The third-order valence-corrected chi connectivity index (χ3v) is 5.36. The second kappa shape index (κ2) is 9.92. The third-order valence-electron chi connectivity index (χ3n) is 4.62. The van der Waals surface area contributed by atoms with Crippen molar-refractivity contribution in [2.45, 2.75) is 26.8 Å². The normalized spacial score (nSPS) is 12.9. The van der Waals surface area contributed by atoms with Crippen LogP contribution >= 0.6 is 23.2 Å². The van der Waals surface area contributed by atoms with Crippen LogP contribution in [0.25, 0.3) is 0 Å². The smallest absolute Gasteiger partial charge is 0.279 e. The standard InChI is InChI=1S/C21H25Cl2N3O2/c1-13-6-5-7-19(14(13)2)25-21(28)12-26(4)11-20(27)24-15(3)16-8-9-17(22)18(23)10-16/h5-10,15H,11-12H2,1-4H3,(H,24,27)(H,25,28)/p+1/t15-/m0/s1. The van der Waals surface area contributed by atoms with Gasteiger partial charge in [-0.3, -0.25) is 9.59 Å². The van der Waals surface area contributed by atoms with Crippen LogP contribution in [0.2, 0.25) is 10.0 Å². The fraction of sp³-hybridized carbons (Fsp3) is 0.333. The molecule has 150 valence electrons. The lowest BCUT2D eigenvalue weighted by molar-refractivity contribution is -0.862. The Morgan fingerprint density at radius 3 is 2.39 bits per heavy atom. The molecule has 2 rings (SSSR count). The zero-order valence-electron chi connectivity index (χ0n) is 16.5. The Bertz CT molecular complexity index is 871. The Balaban J connectivity index is 1.85. The van der Waals surface area contributed by atoms with Gasteiger partial charge in [-0.25, -0.2) is 0 Å². The highest BCUT2D eigenvalue weighted by atomic mass is 35.5. The minimum Gasteiger partial charge on any atom is -0.345 e. The molecule has 28 heavy (non-hydrogen) atoms. The summed E-state index contributed by atoms with van der Waals surface area (Å²) in [5.41, 5.74) is 3.83. The first-order valence-corrected chi connectivity index (χ1v) is 9.84. The van der Waals surface area contributed by atoms with Gasteiger partial charge in [0, 0.05) is 5.69 Å². The Labute approximate surface area is 176 Å². The predicted octanol–water partition coefficient (Wildman–Crippen LogP) is 2.94. The van der Waals surface area contributed by atoms with Gasteiger partial charge in [0.2, 0.25) is 0 Å². The number of rotatable bonds is 7. The van der Waals surface area contributed by atoms with E-state index in [1.165, 1.54) is 0 Å². The van der Waals surface area contributed by atoms with Crippen LogP contribution in [0.4, 0.5) is 5.69 Å². The van der Waals surface area contributed by atoms with Crippen LogP contribution in [-0.2, 0) is 9.59 Å². The summed E-state index contributed by atoms with van der Waals surface area (Å²) in [6.07, 6.45) is 0. The molecule has 0 aliphatic carbocycles. The second-order valence-corrected chi connectivity index (χ2v) is 7.88. The number of quaternary nitrogens is 1. The van der Waals surface area contributed by atoms with E-state index in [9.17, 15) is 9.59 Å². The molecular formula is C21H26Cl2N3O2+. The van der Waals surface area contributed by atoms with Crippen molar-refractivity contribution in [1.82, 2.24) is 5.32 Å². The fourth-order valence-corrected chi connectivity index (χ4v) is 3.16. The van der Waals surface area contributed by atoms with E-state index in [0.29, 0.717) is 10.0 Å². The van der Waals surface area contributed by atoms with Crippen molar-refractivity contribution in [3.63, 3.8) is 0 Å². The number of anilines is 1. The van der Waals surface area contributed by atoms with E-state index in [2.05, 4.69) is 10.6 Å². The molecule has 0 saturated heterocycles. The molecule has 0 bridgehead atoms. The number of nitrogens with one attached hydrogen (secondary N) is 3. The van der Waals surface area contributed by atoms with Crippen molar-refractivity contribution in [2.24, 2.45) is 0 Å². The molecule has 0 saturated carbocycles. The number of carbonyl (C=O) groups excluding carboxylic acids is 2. The summed E-state index contributed by atoms with van der Waals surface area (Å²) >= 11 is 12.0. The van der Waals surface area contributed by atoms with Gasteiger partial charge in [-0.2, -0.15) is 0 Å². The van der Waals surface area contributed by atoms with Crippen molar-refractivity contribution < 1.29 is 14.5 Å². The van der Waals surface area contributed by atoms with E-state index in [0.717, 1.165) is 27.3 Å². The van der Waals surface area contributed by atoms with Crippen LogP contribution in [0.15, 0.2) is 36.4 Å². The van der Waals surface area contributed by atoms with Crippen LogP contribution in [0.3, 0.4) is 0 Å². The number of benzene rings is 2. The molecule has 0 aliphatic rings. The van der Waals surface area contributed by atoms with Gasteiger partial charge in [-0.15, -0.1) is 0 Å². The highest BCUT2D eigenvalue weighted by molar-refractivity contribution is 6.42. The van der Waals surface area contributed by atoms with Gasteiger partial charge in [-0.05, 0) is 55.7 Å². The molecule has 0 fully saturated rings. The Morgan fingerprint density at radius 1 is 1.04 bits per heavy atom. The minimum absolute atomic E-state index is 0.128. The topological polar surface area (TPSA) is 62.6 Å². The van der Waals surface area contributed by atoms with Crippen LogP contribution in [0.5, 0.6) is 0 Å². The van der Waals surface area contributed by atoms with E-state index in [4.69, 9.17) is 23.2 Å². The summed E-state index contributed by atoms with van der Waals surface area (Å²) in [5.74, 6) is -0.271. The highest BCUT2D eigenvalue weighted by Gasteiger charge is 2.17. The molecular weight excluding hydrogens is 397 g/mol. The van der Waals surface area contributed by atoms with Crippen LogP contribution < -0.4 is 15.5 Å². The van der Waals surface area contributed by atoms with Gasteiger partial charge < -0.3 is 15.5 Å². The van der Waals surface area contributed by atoms with Gasteiger partial charge in [-0.1, -0.05) is 41.4 Å². The van der Waals surface area contributed by atoms with Crippen LogP contribution in [0, 0.1) is 13.8 Å². The summed E-state index contributed by atoms with van der Waals surface area (Å²) in [4.78, 5) is 25.4. The first-order valence-electron chi connectivity index (χ1n) is 9.09. The molecule has 3 N–H and O–H groups in total. The van der Waals surface area contributed by atoms with Gasteiger partial charge in [0.15, 0.2) is 13.1 Å². The lowest BCUT2D eigenvalue weighted by Gasteiger charge is -2.18. The lowest BCUT2D eigenvalue weighted by atomic mass is 10.1. The predicted molar refractivity (Wildman–Crippen MR) is 114 cm³/mol. The Morgan fingerprint density at radius 2 is 1.71 bits per heavy atom. The van der Waals surface area contributed by atoms with E-state index in [1.54, 1.807) is 12.1 Å². The van der Waals surface area contributed by atoms with Gasteiger partial charge in [0.1, 0.15) is 0 Å². The van der Waals surface area contributed by atoms with E-state index in [-0.39, 0.29) is 30.9 Å². The van der Waals surface area contributed by atoms with E-state index in [1.807, 2.05) is 52.1 Å². The number of aryl methyl sites for hydroxylation is 1. The molecule has 2 amide bonds.